The van der Waals surface area contributed by atoms with E-state index in [0.29, 0.717) is 0 Å². The molecule has 25 heavy (non-hydrogen) atoms. The van der Waals surface area contributed by atoms with Crippen LogP contribution in [0, 0.1) is 6.92 Å². The van der Waals surface area contributed by atoms with Crippen LogP contribution in [0.25, 0.3) is 22.8 Å². The van der Waals surface area contributed by atoms with Gasteiger partial charge in [-0.25, -0.2) is 4.79 Å². The summed E-state index contributed by atoms with van der Waals surface area (Å²) in [5.41, 5.74) is 2.52. The lowest BCUT2D eigenvalue weighted by molar-refractivity contribution is -0.131. The van der Waals surface area contributed by atoms with Crippen LogP contribution in [0.1, 0.15) is 25.1 Å². The predicted octanol–water partition coefficient (Wildman–Crippen LogP) is 3.56. The van der Waals surface area contributed by atoms with Crippen molar-refractivity contribution in [2.75, 3.05) is 0 Å². The molecule has 6 nitrogen and oxygen atoms in total. The van der Waals surface area contributed by atoms with Crippen molar-refractivity contribution < 1.29 is 14.6 Å². The molecule has 0 aliphatic heterocycles. The van der Waals surface area contributed by atoms with Crippen LogP contribution in [0.5, 0.6) is 5.75 Å². The summed E-state index contributed by atoms with van der Waals surface area (Å²) in [6.45, 7) is 5.84. The van der Waals surface area contributed by atoms with Crippen LogP contribution in [0.4, 0.5) is 0 Å². The molecule has 130 valence electrons. The average Bonchev–Trinajstić information content (AvgIpc) is 3.04. The van der Waals surface area contributed by atoms with Crippen molar-refractivity contribution in [2.45, 2.75) is 26.9 Å². The fraction of sp³-hybridized carbons (Fsp3) is 0.263. The van der Waals surface area contributed by atoms with Crippen LogP contribution in [0.3, 0.4) is 0 Å². The number of aryl methyl sites for hydroxylation is 2. The number of ether oxygens (including phenoxy) is 1. The van der Waals surface area contributed by atoms with Crippen molar-refractivity contribution in [1.29, 1.82) is 0 Å². The minimum Gasteiger partial charge on any atom is -0.491 e. The molecule has 0 saturated heterocycles. The fourth-order valence-corrected chi connectivity index (χ4v) is 2.94. The van der Waals surface area contributed by atoms with Gasteiger partial charge in [0.25, 0.3) is 0 Å². The van der Waals surface area contributed by atoms with Crippen LogP contribution < -0.4 is 4.74 Å². The van der Waals surface area contributed by atoms with Crippen LogP contribution in [-0.2, 0) is 11.8 Å². The minimum absolute atomic E-state index is 0.0915. The van der Waals surface area contributed by atoms with Gasteiger partial charge in [0.05, 0.1) is 17.3 Å². The van der Waals surface area contributed by atoms with Crippen LogP contribution in [0.2, 0.25) is 0 Å². The Bertz CT molecular complexity index is 964. The molecule has 0 fully saturated rings. The standard InChI is InChI=1S/C19H21N3O3/c1-12(2)25-15-6-5-14-9-10-22(17(14)11-15)19-16(7-8-18(23)24)13(3)20-21(19)4/h5-12H,1-4H3,(H,23,24). The Labute approximate surface area is 145 Å². The smallest absolute Gasteiger partial charge is 0.328 e. The Hall–Kier alpha value is -3.02. The molecule has 0 spiro atoms. The molecule has 2 aromatic heterocycles. The topological polar surface area (TPSA) is 69.3 Å². The van der Waals surface area contributed by atoms with Gasteiger partial charge in [0, 0.05) is 36.3 Å². The van der Waals surface area contributed by atoms with E-state index in [0.717, 1.165) is 39.8 Å². The zero-order valence-corrected chi connectivity index (χ0v) is 14.7. The molecule has 3 rings (SSSR count). The normalized spacial score (nSPS) is 11.7. The molecule has 2 heterocycles. The van der Waals surface area contributed by atoms with Crippen LogP contribution in [-0.4, -0.2) is 31.5 Å². The molecule has 1 N–H and O–H groups in total. The average molecular weight is 339 g/mol. The third kappa shape index (κ3) is 3.28. The van der Waals surface area contributed by atoms with Gasteiger partial charge in [-0.2, -0.15) is 5.10 Å². The summed E-state index contributed by atoms with van der Waals surface area (Å²) in [5.74, 6) is 0.620. The number of carboxylic acid groups (broad SMARTS) is 1. The van der Waals surface area contributed by atoms with Gasteiger partial charge in [0.2, 0.25) is 0 Å². The molecule has 0 unspecified atom stereocenters. The minimum atomic E-state index is -0.987. The maximum Gasteiger partial charge on any atom is 0.328 e. The van der Waals surface area contributed by atoms with E-state index < -0.39 is 5.97 Å². The highest BCUT2D eigenvalue weighted by molar-refractivity contribution is 5.87. The van der Waals surface area contributed by atoms with Gasteiger partial charge in [0.15, 0.2) is 0 Å². The van der Waals surface area contributed by atoms with E-state index >= 15 is 0 Å². The molecule has 1 aromatic carbocycles. The summed E-state index contributed by atoms with van der Waals surface area (Å²) in [6, 6.07) is 7.97. The van der Waals surface area contributed by atoms with Gasteiger partial charge in [-0.3, -0.25) is 4.68 Å². The summed E-state index contributed by atoms with van der Waals surface area (Å²) >= 11 is 0. The first-order chi connectivity index (χ1) is 11.9. The van der Waals surface area contributed by atoms with E-state index in [4.69, 9.17) is 9.84 Å². The SMILES string of the molecule is Cc1nn(C)c(-n2ccc3ccc(OC(C)C)cc32)c1C=CC(=O)O. The third-order valence-corrected chi connectivity index (χ3v) is 3.89. The van der Waals surface area contributed by atoms with Crippen molar-refractivity contribution in [2.24, 2.45) is 7.05 Å². The zero-order valence-electron chi connectivity index (χ0n) is 14.7. The van der Waals surface area contributed by atoms with E-state index in [1.165, 1.54) is 0 Å². The predicted molar refractivity (Wildman–Crippen MR) is 97.2 cm³/mol. The second-order valence-corrected chi connectivity index (χ2v) is 6.19. The summed E-state index contributed by atoms with van der Waals surface area (Å²) in [4.78, 5) is 10.9. The molecular weight excluding hydrogens is 318 g/mol. The van der Waals surface area contributed by atoms with Crippen molar-refractivity contribution >= 4 is 22.9 Å². The summed E-state index contributed by atoms with van der Waals surface area (Å²) < 4.78 is 9.56. The maximum atomic E-state index is 10.9. The number of nitrogens with zero attached hydrogens (tertiary/aromatic N) is 3. The number of hydrogen-bond acceptors (Lipinski definition) is 3. The lowest BCUT2D eigenvalue weighted by Crippen LogP contribution is -2.06. The molecule has 0 amide bonds. The Morgan fingerprint density at radius 2 is 2.08 bits per heavy atom. The number of carbonyl (C=O) groups is 1. The quantitative estimate of drug-likeness (QED) is 0.722. The third-order valence-electron chi connectivity index (χ3n) is 3.89. The van der Waals surface area contributed by atoms with E-state index in [1.54, 1.807) is 10.8 Å². The monoisotopic (exact) mass is 339 g/mol. The Balaban J connectivity index is 2.18. The van der Waals surface area contributed by atoms with Crippen molar-refractivity contribution in [3.05, 3.63) is 47.8 Å². The van der Waals surface area contributed by atoms with Gasteiger partial charge in [-0.15, -0.1) is 0 Å². The Morgan fingerprint density at radius 3 is 2.76 bits per heavy atom. The van der Waals surface area contributed by atoms with E-state index in [-0.39, 0.29) is 6.10 Å². The van der Waals surface area contributed by atoms with E-state index in [9.17, 15) is 4.79 Å². The summed E-state index contributed by atoms with van der Waals surface area (Å²) in [5, 5.41) is 14.5. The molecule has 0 aliphatic carbocycles. The van der Waals surface area contributed by atoms with Crippen molar-refractivity contribution in [3.8, 4) is 11.6 Å². The first kappa shape index (κ1) is 16.8. The van der Waals surface area contributed by atoms with Gasteiger partial charge >= 0.3 is 5.97 Å². The molecule has 0 bridgehead atoms. The van der Waals surface area contributed by atoms with Crippen LogP contribution in [0.15, 0.2) is 36.5 Å². The van der Waals surface area contributed by atoms with Gasteiger partial charge in [0.1, 0.15) is 11.6 Å². The number of aromatic nitrogens is 3. The number of rotatable bonds is 5. The summed E-state index contributed by atoms with van der Waals surface area (Å²) in [7, 11) is 1.85. The highest BCUT2D eigenvalue weighted by Crippen LogP contribution is 2.28. The van der Waals surface area contributed by atoms with Gasteiger partial charge < -0.3 is 14.4 Å². The van der Waals surface area contributed by atoms with E-state index in [2.05, 4.69) is 5.10 Å². The first-order valence-corrected chi connectivity index (χ1v) is 8.09. The first-order valence-electron chi connectivity index (χ1n) is 8.09. The Morgan fingerprint density at radius 1 is 1.32 bits per heavy atom. The van der Waals surface area contributed by atoms with Gasteiger partial charge in [-0.05, 0) is 45.0 Å². The molecule has 6 heteroatoms. The number of aliphatic carboxylic acids is 1. The number of carboxylic acids is 1. The lowest BCUT2D eigenvalue weighted by atomic mass is 10.2. The highest BCUT2D eigenvalue weighted by atomic mass is 16.5. The number of hydrogen-bond donors (Lipinski definition) is 1. The number of benzene rings is 1. The fourth-order valence-electron chi connectivity index (χ4n) is 2.94. The largest absolute Gasteiger partial charge is 0.491 e. The van der Waals surface area contributed by atoms with Crippen molar-refractivity contribution in [3.63, 3.8) is 0 Å². The second-order valence-electron chi connectivity index (χ2n) is 6.19. The van der Waals surface area contributed by atoms with E-state index in [1.807, 2.05) is 62.8 Å². The highest BCUT2D eigenvalue weighted by Gasteiger charge is 2.15. The molecule has 0 radical (unpaired) electrons. The molecule has 0 saturated carbocycles. The lowest BCUT2D eigenvalue weighted by Gasteiger charge is -2.12. The molecule has 3 aromatic rings. The maximum absolute atomic E-state index is 10.9. The van der Waals surface area contributed by atoms with Crippen molar-refractivity contribution in [1.82, 2.24) is 14.3 Å². The van der Waals surface area contributed by atoms with Crippen LogP contribution >= 0.6 is 0 Å². The zero-order chi connectivity index (χ0) is 18.1. The summed E-state index contributed by atoms with van der Waals surface area (Å²) in [6.07, 6.45) is 4.76. The molecular formula is C19H21N3O3. The second kappa shape index (κ2) is 6.47. The molecule has 0 atom stereocenters. The van der Waals surface area contributed by atoms with Gasteiger partial charge in [-0.1, -0.05) is 0 Å². The molecule has 0 aliphatic rings. The Kier molecular flexibility index (Phi) is 4.35. The number of fused-ring (bicyclic) bond motifs is 1.